The average Bonchev–Trinajstić information content (AvgIpc) is 2.81. The van der Waals surface area contributed by atoms with Crippen LogP contribution in [0.2, 0.25) is 0 Å². The Hall–Kier alpha value is -3.91. The highest BCUT2D eigenvalue weighted by Gasteiger charge is 2.15. The lowest BCUT2D eigenvalue weighted by Gasteiger charge is -2.20. The van der Waals surface area contributed by atoms with Crippen molar-refractivity contribution in [3.63, 3.8) is 0 Å². The number of rotatable bonds is 7. The second-order valence-corrected chi connectivity index (χ2v) is 7.50. The van der Waals surface area contributed by atoms with Gasteiger partial charge in [0.05, 0.1) is 12.8 Å². The van der Waals surface area contributed by atoms with Crippen LogP contribution in [0.3, 0.4) is 0 Å². The maximum Gasteiger partial charge on any atom is 0.247 e. The van der Waals surface area contributed by atoms with Gasteiger partial charge in [-0.2, -0.15) is 4.98 Å². The van der Waals surface area contributed by atoms with Crippen LogP contribution in [0.1, 0.15) is 16.7 Å². The number of carbonyl (C=O) groups excluding carboxylic acids is 1. The molecule has 8 nitrogen and oxygen atoms in total. The molecule has 0 saturated carbocycles. The summed E-state index contributed by atoms with van der Waals surface area (Å²) in [6.07, 6.45) is 3.96. The van der Waals surface area contributed by atoms with E-state index in [2.05, 4.69) is 49.9 Å². The van der Waals surface area contributed by atoms with Crippen LogP contribution < -0.4 is 26.0 Å². The highest BCUT2D eigenvalue weighted by Crippen LogP contribution is 2.32. The molecule has 1 aliphatic rings. The summed E-state index contributed by atoms with van der Waals surface area (Å²) in [7, 11) is 1.66. The zero-order valence-corrected chi connectivity index (χ0v) is 18.2. The van der Waals surface area contributed by atoms with Gasteiger partial charge in [0.1, 0.15) is 11.6 Å². The van der Waals surface area contributed by atoms with Crippen molar-refractivity contribution in [2.75, 3.05) is 29.6 Å². The third kappa shape index (κ3) is 4.87. The van der Waals surface area contributed by atoms with Gasteiger partial charge in [0.2, 0.25) is 11.9 Å². The number of hydrogen-bond acceptors (Lipinski definition) is 7. The van der Waals surface area contributed by atoms with Crippen LogP contribution in [-0.4, -0.2) is 29.5 Å². The lowest BCUT2D eigenvalue weighted by atomic mass is 10.00. The molecule has 2 heterocycles. The Bertz CT molecular complexity index is 1160. The zero-order valence-electron chi connectivity index (χ0n) is 18.2. The van der Waals surface area contributed by atoms with Gasteiger partial charge >= 0.3 is 0 Å². The second kappa shape index (κ2) is 9.49. The van der Waals surface area contributed by atoms with E-state index in [0.717, 1.165) is 42.2 Å². The van der Waals surface area contributed by atoms with Crippen molar-refractivity contribution in [2.24, 2.45) is 0 Å². The molecule has 0 bridgehead atoms. The van der Waals surface area contributed by atoms with Crippen LogP contribution in [0.4, 0.5) is 28.8 Å². The molecule has 0 saturated heterocycles. The van der Waals surface area contributed by atoms with Crippen LogP contribution in [0.25, 0.3) is 0 Å². The predicted octanol–water partition coefficient (Wildman–Crippen LogP) is 4.05. The fourth-order valence-electron chi connectivity index (χ4n) is 3.53. The molecule has 0 unspecified atom stereocenters. The fourth-order valence-corrected chi connectivity index (χ4v) is 3.53. The Morgan fingerprint density at radius 2 is 2.03 bits per heavy atom. The van der Waals surface area contributed by atoms with Gasteiger partial charge in [-0.3, -0.25) is 4.79 Å². The molecule has 0 spiro atoms. The van der Waals surface area contributed by atoms with Crippen molar-refractivity contribution >= 4 is 34.7 Å². The van der Waals surface area contributed by atoms with E-state index in [9.17, 15) is 4.79 Å². The maximum atomic E-state index is 11.6. The van der Waals surface area contributed by atoms with Crippen molar-refractivity contribution in [2.45, 2.75) is 19.9 Å². The molecule has 1 aromatic heterocycles. The lowest BCUT2D eigenvalue weighted by Crippen LogP contribution is -2.23. The zero-order chi connectivity index (χ0) is 22.5. The van der Waals surface area contributed by atoms with Gasteiger partial charge < -0.3 is 26.0 Å². The van der Waals surface area contributed by atoms with Crippen LogP contribution in [0.5, 0.6) is 5.75 Å². The van der Waals surface area contributed by atoms with E-state index < -0.39 is 0 Å². The van der Waals surface area contributed by atoms with E-state index in [1.807, 2.05) is 31.2 Å². The first-order chi connectivity index (χ1) is 15.6. The number of ether oxygens (including phenoxy) is 1. The molecule has 8 heteroatoms. The number of hydrogen-bond donors (Lipinski definition) is 4. The Kier molecular flexibility index (Phi) is 6.32. The molecule has 0 fully saturated rings. The molecule has 0 aliphatic carbocycles. The van der Waals surface area contributed by atoms with Gasteiger partial charge in [0, 0.05) is 29.7 Å². The van der Waals surface area contributed by atoms with Crippen molar-refractivity contribution in [3.05, 3.63) is 71.9 Å². The van der Waals surface area contributed by atoms with Crippen molar-refractivity contribution < 1.29 is 9.53 Å². The van der Waals surface area contributed by atoms with Crippen LogP contribution in [-0.2, 0) is 17.8 Å². The standard InChI is InChI=1S/C24H26N6O2/c1-4-22(31)27-18-6-5-7-19(12-18)28-23-15(2)13-26-24(30-23)29-20-10-16-8-9-25-14-17(16)11-21(20)32-3/h4-7,10-13,25H,1,8-9,14H2,2-3H3,(H,27,31)(H2,26,28,29,30). The van der Waals surface area contributed by atoms with E-state index in [0.29, 0.717) is 17.5 Å². The first kappa shape index (κ1) is 21.3. The largest absolute Gasteiger partial charge is 0.495 e. The Morgan fingerprint density at radius 1 is 1.19 bits per heavy atom. The van der Waals surface area contributed by atoms with Gasteiger partial charge in [0.25, 0.3) is 0 Å². The molecule has 4 rings (SSSR count). The highest BCUT2D eigenvalue weighted by molar-refractivity contribution is 5.99. The molecule has 1 aliphatic heterocycles. The Balaban J connectivity index is 1.57. The molecular weight excluding hydrogens is 404 g/mol. The molecule has 0 radical (unpaired) electrons. The molecule has 32 heavy (non-hydrogen) atoms. The minimum Gasteiger partial charge on any atom is -0.495 e. The number of aromatic nitrogens is 2. The number of methoxy groups -OCH3 is 1. The van der Waals surface area contributed by atoms with E-state index in [4.69, 9.17) is 4.74 Å². The number of carbonyl (C=O) groups is 1. The van der Waals surface area contributed by atoms with Gasteiger partial charge in [-0.05, 0) is 67.4 Å². The molecule has 164 valence electrons. The predicted molar refractivity (Wildman–Crippen MR) is 127 cm³/mol. The molecule has 1 amide bonds. The summed E-state index contributed by atoms with van der Waals surface area (Å²) in [5, 5.41) is 12.7. The van der Waals surface area contributed by atoms with Crippen molar-refractivity contribution in [3.8, 4) is 5.75 Å². The summed E-state index contributed by atoms with van der Waals surface area (Å²) in [5.74, 6) is 1.61. The lowest BCUT2D eigenvalue weighted by molar-refractivity contribution is -0.111. The number of nitrogens with zero attached hydrogens (tertiary/aromatic N) is 2. The second-order valence-electron chi connectivity index (χ2n) is 7.50. The monoisotopic (exact) mass is 430 g/mol. The van der Waals surface area contributed by atoms with E-state index in [-0.39, 0.29) is 5.91 Å². The van der Waals surface area contributed by atoms with Crippen molar-refractivity contribution in [1.29, 1.82) is 0 Å². The summed E-state index contributed by atoms with van der Waals surface area (Å²) in [4.78, 5) is 20.7. The minimum atomic E-state index is -0.262. The minimum absolute atomic E-state index is 0.262. The normalized spacial score (nSPS) is 12.4. The number of amides is 1. The number of nitrogens with one attached hydrogen (secondary N) is 4. The molecular formula is C24H26N6O2. The summed E-state index contributed by atoms with van der Waals surface area (Å²) in [6.45, 7) is 7.21. The number of benzene rings is 2. The molecule has 3 aromatic rings. The van der Waals surface area contributed by atoms with Gasteiger partial charge in [-0.15, -0.1) is 0 Å². The summed E-state index contributed by atoms with van der Waals surface area (Å²) < 4.78 is 5.58. The third-order valence-corrected chi connectivity index (χ3v) is 5.20. The van der Waals surface area contributed by atoms with Crippen molar-refractivity contribution in [1.82, 2.24) is 15.3 Å². The number of fused-ring (bicyclic) bond motifs is 1. The molecule has 4 N–H and O–H groups in total. The SMILES string of the molecule is C=CC(=O)Nc1cccc(Nc2nc(Nc3cc4c(cc3OC)CNCC4)ncc2C)c1. The van der Waals surface area contributed by atoms with Crippen LogP contribution in [0, 0.1) is 6.92 Å². The van der Waals surface area contributed by atoms with Crippen LogP contribution in [0.15, 0.2) is 55.3 Å². The van der Waals surface area contributed by atoms with E-state index in [1.54, 1.807) is 13.3 Å². The van der Waals surface area contributed by atoms with E-state index in [1.165, 1.54) is 17.2 Å². The Morgan fingerprint density at radius 3 is 2.84 bits per heavy atom. The van der Waals surface area contributed by atoms with E-state index >= 15 is 0 Å². The fraction of sp³-hybridized carbons (Fsp3) is 0.208. The topological polar surface area (TPSA) is 100 Å². The summed E-state index contributed by atoms with van der Waals surface area (Å²) in [6, 6.07) is 11.6. The highest BCUT2D eigenvalue weighted by atomic mass is 16.5. The van der Waals surface area contributed by atoms with Crippen LogP contribution >= 0.6 is 0 Å². The Labute approximate surface area is 187 Å². The molecule has 0 atom stereocenters. The third-order valence-electron chi connectivity index (χ3n) is 5.20. The quantitative estimate of drug-likeness (QED) is 0.420. The first-order valence-electron chi connectivity index (χ1n) is 10.4. The number of anilines is 5. The van der Waals surface area contributed by atoms with Gasteiger partial charge in [-0.25, -0.2) is 4.98 Å². The first-order valence-corrected chi connectivity index (χ1v) is 10.4. The summed E-state index contributed by atoms with van der Waals surface area (Å²) in [5.41, 5.74) is 5.71. The smallest absolute Gasteiger partial charge is 0.247 e. The average molecular weight is 431 g/mol. The molecule has 2 aromatic carbocycles. The van der Waals surface area contributed by atoms with Gasteiger partial charge in [0.15, 0.2) is 0 Å². The number of aryl methyl sites for hydroxylation is 1. The maximum absolute atomic E-state index is 11.6. The van der Waals surface area contributed by atoms with Gasteiger partial charge in [-0.1, -0.05) is 12.6 Å². The summed E-state index contributed by atoms with van der Waals surface area (Å²) >= 11 is 0.